The van der Waals surface area contributed by atoms with E-state index in [9.17, 15) is 4.79 Å². The predicted molar refractivity (Wildman–Crippen MR) is 115 cm³/mol. The SMILES string of the molecule is C=CC[C@@H]1C(=O)O[C@@H]2[C@H]1[C@H]([C@@H](O[Si](CC)(CC)CC)[C@H](C)C=C)CC2(C)C. The number of ether oxygens (including phenoxy) is 1. The number of hydrogen-bond donors (Lipinski definition) is 0. The fourth-order valence-electron chi connectivity index (χ4n) is 5.50. The van der Waals surface area contributed by atoms with Crippen LogP contribution in [0.15, 0.2) is 25.3 Å². The van der Waals surface area contributed by atoms with Crippen molar-refractivity contribution >= 4 is 14.3 Å². The Balaban J connectivity index is 2.42. The van der Waals surface area contributed by atoms with E-state index in [-0.39, 0.29) is 41.3 Å². The van der Waals surface area contributed by atoms with E-state index in [1.807, 2.05) is 12.2 Å². The van der Waals surface area contributed by atoms with Crippen molar-refractivity contribution in [2.75, 3.05) is 0 Å². The van der Waals surface area contributed by atoms with Crippen molar-refractivity contribution in [2.45, 2.75) is 84.7 Å². The van der Waals surface area contributed by atoms with Gasteiger partial charge in [0, 0.05) is 11.3 Å². The third-order valence-corrected chi connectivity index (χ3v) is 12.1. The number of hydrogen-bond acceptors (Lipinski definition) is 3. The normalized spacial score (nSPS) is 31.9. The Bertz CT molecular complexity index is 544. The lowest BCUT2D eigenvalue weighted by atomic mass is 9.77. The van der Waals surface area contributed by atoms with E-state index in [4.69, 9.17) is 9.16 Å². The molecule has 2 aliphatic rings. The first-order chi connectivity index (χ1) is 12.7. The van der Waals surface area contributed by atoms with Crippen LogP contribution < -0.4 is 0 Å². The van der Waals surface area contributed by atoms with E-state index in [1.165, 1.54) is 0 Å². The molecule has 0 aromatic heterocycles. The minimum atomic E-state index is -1.77. The minimum absolute atomic E-state index is 0.0102. The van der Waals surface area contributed by atoms with Gasteiger partial charge < -0.3 is 9.16 Å². The molecule has 0 unspecified atom stereocenters. The van der Waals surface area contributed by atoms with Gasteiger partial charge in [-0.25, -0.2) is 0 Å². The molecule has 1 aliphatic carbocycles. The Morgan fingerprint density at radius 1 is 1.26 bits per heavy atom. The van der Waals surface area contributed by atoms with Crippen LogP contribution >= 0.6 is 0 Å². The third kappa shape index (κ3) is 4.12. The Morgan fingerprint density at radius 2 is 1.85 bits per heavy atom. The number of carbonyl (C=O) groups excluding carboxylic acids is 1. The van der Waals surface area contributed by atoms with Gasteiger partial charge in [-0.2, -0.15) is 0 Å². The quantitative estimate of drug-likeness (QED) is 0.261. The van der Waals surface area contributed by atoms with Gasteiger partial charge >= 0.3 is 5.97 Å². The number of fused-ring (bicyclic) bond motifs is 1. The van der Waals surface area contributed by atoms with Crippen LogP contribution in [0.5, 0.6) is 0 Å². The maximum Gasteiger partial charge on any atom is 0.309 e. The highest BCUT2D eigenvalue weighted by Gasteiger charge is 2.61. The van der Waals surface area contributed by atoms with Gasteiger partial charge in [0.05, 0.1) is 12.0 Å². The van der Waals surface area contributed by atoms with Crippen LogP contribution in [0, 0.1) is 29.1 Å². The van der Waals surface area contributed by atoms with Crippen LogP contribution in [0.25, 0.3) is 0 Å². The van der Waals surface area contributed by atoms with E-state index < -0.39 is 8.32 Å². The molecular weight excluding hydrogens is 352 g/mol. The summed E-state index contributed by atoms with van der Waals surface area (Å²) in [7, 11) is -1.77. The predicted octanol–water partition coefficient (Wildman–Crippen LogP) is 5.98. The molecule has 0 aromatic carbocycles. The van der Waals surface area contributed by atoms with Gasteiger partial charge in [-0.3, -0.25) is 4.79 Å². The van der Waals surface area contributed by atoms with E-state index >= 15 is 0 Å². The van der Waals surface area contributed by atoms with Crippen molar-refractivity contribution in [3.8, 4) is 0 Å². The van der Waals surface area contributed by atoms with Crippen molar-refractivity contribution in [3.05, 3.63) is 25.3 Å². The first-order valence-electron chi connectivity index (χ1n) is 10.8. The molecule has 1 heterocycles. The highest BCUT2D eigenvalue weighted by molar-refractivity contribution is 6.73. The van der Waals surface area contributed by atoms with Crippen LogP contribution in [0.4, 0.5) is 0 Å². The number of rotatable bonds is 10. The minimum Gasteiger partial charge on any atom is -0.461 e. The Morgan fingerprint density at radius 3 is 2.33 bits per heavy atom. The Labute approximate surface area is 167 Å². The molecule has 4 heteroatoms. The summed E-state index contributed by atoms with van der Waals surface area (Å²) in [4.78, 5) is 12.6. The summed E-state index contributed by atoms with van der Waals surface area (Å²) in [5.74, 6) is 0.684. The van der Waals surface area contributed by atoms with Gasteiger partial charge in [-0.15, -0.1) is 13.2 Å². The fraction of sp³-hybridized carbons (Fsp3) is 0.783. The fourth-order valence-corrected chi connectivity index (χ4v) is 8.46. The highest BCUT2D eigenvalue weighted by atomic mass is 28.4. The van der Waals surface area contributed by atoms with E-state index in [0.717, 1.165) is 24.6 Å². The van der Waals surface area contributed by atoms with Crippen LogP contribution in [0.1, 0.15) is 54.4 Å². The average molecular weight is 393 g/mol. The van der Waals surface area contributed by atoms with Crippen LogP contribution in [-0.2, 0) is 14.0 Å². The van der Waals surface area contributed by atoms with Crippen molar-refractivity contribution in [1.29, 1.82) is 0 Å². The second kappa shape index (κ2) is 8.65. The number of carbonyl (C=O) groups is 1. The summed E-state index contributed by atoms with van der Waals surface area (Å²) in [5.41, 5.74) is -0.0156. The highest BCUT2D eigenvalue weighted by Crippen LogP contribution is 2.57. The second-order valence-electron chi connectivity index (χ2n) is 9.34. The van der Waals surface area contributed by atoms with Crippen LogP contribution in [0.3, 0.4) is 0 Å². The lowest BCUT2D eigenvalue weighted by molar-refractivity contribution is -0.147. The van der Waals surface area contributed by atoms with Gasteiger partial charge in [0.25, 0.3) is 0 Å². The van der Waals surface area contributed by atoms with Crippen molar-refractivity contribution in [1.82, 2.24) is 0 Å². The molecule has 6 atom stereocenters. The van der Waals surface area contributed by atoms with Crippen LogP contribution in [0.2, 0.25) is 18.1 Å². The summed E-state index contributed by atoms with van der Waals surface area (Å²) in [5, 5.41) is 0. The lowest BCUT2D eigenvalue weighted by Gasteiger charge is -2.40. The number of esters is 1. The monoisotopic (exact) mass is 392 g/mol. The van der Waals surface area contributed by atoms with E-state index in [1.54, 1.807) is 0 Å². The molecule has 154 valence electrons. The van der Waals surface area contributed by atoms with Gasteiger partial charge in [0.2, 0.25) is 0 Å². The molecule has 1 aliphatic heterocycles. The molecule has 1 saturated heterocycles. The van der Waals surface area contributed by atoms with Crippen molar-refractivity contribution in [3.63, 3.8) is 0 Å². The van der Waals surface area contributed by atoms with Crippen molar-refractivity contribution < 1.29 is 14.0 Å². The standard InChI is InChI=1S/C23H40O3Si/c1-9-14-17-19-18(15-23(7,8)21(19)25-22(17)24)20(16(6)10-2)26-27(11-3,12-4)13-5/h9-10,16-21H,1-2,11-15H2,3-8H3/t16-,17+,18-,19-,20+,21-/m1/s1. The Kier molecular flexibility index (Phi) is 7.18. The van der Waals surface area contributed by atoms with Gasteiger partial charge in [0.1, 0.15) is 6.10 Å². The first-order valence-corrected chi connectivity index (χ1v) is 13.3. The molecule has 3 nitrogen and oxygen atoms in total. The first kappa shape index (κ1) is 22.4. The van der Waals surface area contributed by atoms with Gasteiger partial charge in [-0.05, 0) is 42.8 Å². The molecule has 27 heavy (non-hydrogen) atoms. The lowest BCUT2D eigenvalue weighted by Crippen LogP contribution is -2.46. The molecule has 0 spiro atoms. The maximum absolute atomic E-state index is 12.6. The molecule has 0 radical (unpaired) electrons. The van der Waals surface area contributed by atoms with Crippen molar-refractivity contribution in [2.24, 2.45) is 29.1 Å². The smallest absolute Gasteiger partial charge is 0.309 e. The molecule has 2 rings (SSSR count). The third-order valence-electron chi connectivity index (χ3n) is 7.44. The summed E-state index contributed by atoms with van der Waals surface area (Å²) in [6.07, 6.45) is 5.74. The molecule has 1 saturated carbocycles. The summed E-state index contributed by atoms with van der Waals surface area (Å²) >= 11 is 0. The molecule has 0 aromatic rings. The number of allylic oxidation sites excluding steroid dienone is 1. The summed E-state index contributed by atoms with van der Waals surface area (Å²) in [6, 6.07) is 3.41. The zero-order valence-electron chi connectivity index (χ0n) is 18.3. The largest absolute Gasteiger partial charge is 0.461 e. The van der Waals surface area contributed by atoms with E-state index in [2.05, 4.69) is 54.7 Å². The molecule has 0 N–H and O–H groups in total. The molecule has 0 amide bonds. The van der Waals surface area contributed by atoms with Gasteiger partial charge in [0.15, 0.2) is 8.32 Å². The molecule has 2 fully saturated rings. The molecule has 0 bridgehead atoms. The summed E-state index contributed by atoms with van der Waals surface area (Å²) in [6.45, 7) is 21.5. The summed E-state index contributed by atoms with van der Waals surface area (Å²) < 4.78 is 13.0. The second-order valence-corrected chi connectivity index (χ2v) is 14.1. The van der Waals surface area contributed by atoms with E-state index in [0.29, 0.717) is 12.3 Å². The topological polar surface area (TPSA) is 35.5 Å². The molecular formula is C23H40O3Si. The Hall–Kier alpha value is -0.873. The van der Waals surface area contributed by atoms with Crippen LogP contribution in [-0.4, -0.2) is 26.5 Å². The average Bonchev–Trinajstić information content (AvgIpc) is 3.11. The maximum atomic E-state index is 12.6. The zero-order chi connectivity index (χ0) is 20.4. The van der Waals surface area contributed by atoms with Gasteiger partial charge in [-0.1, -0.05) is 53.7 Å². The zero-order valence-corrected chi connectivity index (χ0v) is 19.3.